The molecule has 0 radical (unpaired) electrons. The molecular weight excluding hydrogens is 292 g/mol. The molecule has 23 heavy (non-hydrogen) atoms. The predicted molar refractivity (Wildman–Crippen MR) is 88.0 cm³/mol. The maximum atomic E-state index is 4.32. The van der Waals surface area contributed by atoms with Crippen molar-refractivity contribution in [2.75, 3.05) is 24.3 Å². The van der Waals surface area contributed by atoms with E-state index in [0.29, 0.717) is 18.3 Å². The van der Waals surface area contributed by atoms with Gasteiger partial charge in [0, 0.05) is 50.4 Å². The van der Waals surface area contributed by atoms with Crippen LogP contribution in [0.3, 0.4) is 0 Å². The molecule has 0 saturated heterocycles. The lowest BCUT2D eigenvalue weighted by Crippen LogP contribution is -2.13. The van der Waals surface area contributed by atoms with Crippen LogP contribution in [0.25, 0.3) is 11.4 Å². The first-order chi connectivity index (χ1) is 11.1. The van der Waals surface area contributed by atoms with E-state index >= 15 is 0 Å². The van der Waals surface area contributed by atoms with Crippen LogP contribution in [-0.2, 0) is 6.54 Å². The second-order valence-electron chi connectivity index (χ2n) is 5.31. The fraction of sp³-hybridized carbons (Fsp3) is 0.267. The second kappa shape index (κ2) is 6.39. The molecule has 0 amide bonds. The summed E-state index contributed by atoms with van der Waals surface area (Å²) >= 11 is 0. The van der Waals surface area contributed by atoms with Gasteiger partial charge in [0.15, 0.2) is 5.82 Å². The van der Waals surface area contributed by atoms with Gasteiger partial charge < -0.3 is 10.2 Å². The Balaban J connectivity index is 1.68. The van der Waals surface area contributed by atoms with Crippen molar-refractivity contribution in [3.63, 3.8) is 0 Å². The molecule has 0 spiro atoms. The summed E-state index contributed by atoms with van der Waals surface area (Å²) in [5, 5.41) is 10.2. The summed E-state index contributed by atoms with van der Waals surface area (Å²) in [7, 11) is 3.82. The molecule has 0 bridgehead atoms. The molecule has 0 aliphatic heterocycles. The monoisotopic (exact) mass is 310 g/mol. The van der Waals surface area contributed by atoms with Crippen molar-refractivity contribution in [3.05, 3.63) is 42.1 Å². The topological polar surface area (TPSA) is 95.5 Å². The minimum atomic E-state index is 0.594. The molecule has 3 aromatic heterocycles. The molecule has 2 N–H and O–H groups in total. The number of nitrogens with zero attached hydrogens (tertiary/aromatic N) is 6. The number of anilines is 2. The van der Waals surface area contributed by atoms with E-state index in [-0.39, 0.29) is 0 Å². The molecule has 0 unspecified atom stereocenters. The summed E-state index contributed by atoms with van der Waals surface area (Å²) in [6.07, 6.45) is 5.34. The van der Waals surface area contributed by atoms with Crippen LogP contribution in [0.15, 0.2) is 30.7 Å². The highest BCUT2D eigenvalue weighted by atomic mass is 15.2. The number of hydrogen-bond donors (Lipinski definition) is 2. The molecule has 8 nitrogen and oxygen atoms in total. The molecule has 0 fully saturated rings. The number of aromatic nitrogens is 6. The Hall–Kier alpha value is -3.03. The Morgan fingerprint density at radius 2 is 1.96 bits per heavy atom. The summed E-state index contributed by atoms with van der Waals surface area (Å²) in [6, 6.07) is 3.79. The maximum absolute atomic E-state index is 4.32. The lowest BCUT2D eigenvalue weighted by atomic mass is 10.2. The van der Waals surface area contributed by atoms with Crippen molar-refractivity contribution < 1.29 is 0 Å². The molecule has 0 aromatic carbocycles. The van der Waals surface area contributed by atoms with Gasteiger partial charge in [0.1, 0.15) is 11.6 Å². The molecule has 3 rings (SSSR count). The predicted octanol–water partition coefficient (Wildman–Crippen LogP) is 1.64. The number of pyridine rings is 1. The summed E-state index contributed by atoms with van der Waals surface area (Å²) in [4.78, 5) is 19.1. The smallest absolute Gasteiger partial charge is 0.224 e. The van der Waals surface area contributed by atoms with Gasteiger partial charge in [-0.25, -0.2) is 19.9 Å². The number of hydrogen-bond acceptors (Lipinski definition) is 7. The minimum absolute atomic E-state index is 0.594. The van der Waals surface area contributed by atoms with E-state index in [2.05, 4.69) is 35.5 Å². The Labute approximate surface area is 134 Å². The third-order valence-electron chi connectivity index (χ3n) is 3.18. The van der Waals surface area contributed by atoms with Crippen molar-refractivity contribution in [1.29, 1.82) is 0 Å². The normalized spacial score (nSPS) is 10.6. The largest absolute Gasteiger partial charge is 0.366 e. The van der Waals surface area contributed by atoms with E-state index in [4.69, 9.17) is 0 Å². The molecule has 0 aliphatic carbocycles. The van der Waals surface area contributed by atoms with Crippen LogP contribution in [0, 0.1) is 6.92 Å². The van der Waals surface area contributed by atoms with Gasteiger partial charge in [0.05, 0.1) is 0 Å². The van der Waals surface area contributed by atoms with Gasteiger partial charge in [-0.15, -0.1) is 0 Å². The van der Waals surface area contributed by atoms with Crippen LogP contribution < -0.4 is 10.2 Å². The molecule has 0 atom stereocenters. The Kier molecular flexibility index (Phi) is 4.13. The number of aryl methyl sites for hydroxylation is 1. The summed E-state index contributed by atoms with van der Waals surface area (Å²) in [6.45, 7) is 2.46. The quantitative estimate of drug-likeness (QED) is 0.739. The van der Waals surface area contributed by atoms with E-state index in [0.717, 1.165) is 22.8 Å². The standard InChI is InChI=1S/C15H18N8/c1-10-20-14(22-21-10)12-4-5-16-13(6-12)17-7-11-8-18-15(19-9-11)23(2)3/h4-6,8-9H,7H2,1-3H3,(H,16,17)(H,20,21,22). The average Bonchev–Trinajstić information content (AvgIpc) is 3.00. The zero-order valence-electron chi connectivity index (χ0n) is 13.3. The van der Waals surface area contributed by atoms with Crippen molar-refractivity contribution in [1.82, 2.24) is 30.1 Å². The van der Waals surface area contributed by atoms with Gasteiger partial charge in [-0.05, 0) is 19.1 Å². The molecule has 118 valence electrons. The van der Waals surface area contributed by atoms with Gasteiger partial charge in [-0.1, -0.05) is 0 Å². The molecule has 0 aliphatic rings. The average molecular weight is 310 g/mol. The number of H-pyrrole nitrogens is 1. The fourth-order valence-corrected chi connectivity index (χ4v) is 2.00. The van der Waals surface area contributed by atoms with Gasteiger partial charge >= 0.3 is 0 Å². The van der Waals surface area contributed by atoms with Crippen molar-refractivity contribution in [2.45, 2.75) is 13.5 Å². The lowest BCUT2D eigenvalue weighted by Gasteiger charge is -2.10. The van der Waals surface area contributed by atoms with E-state index in [1.807, 2.05) is 38.1 Å². The van der Waals surface area contributed by atoms with Crippen LogP contribution in [0.1, 0.15) is 11.4 Å². The van der Waals surface area contributed by atoms with Crippen molar-refractivity contribution in [2.24, 2.45) is 0 Å². The molecule has 3 aromatic rings. The van der Waals surface area contributed by atoms with Gasteiger partial charge in [0.2, 0.25) is 5.95 Å². The maximum Gasteiger partial charge on any atom is 0.224 e. The molecule has 0 saturated carbocycles. The van der Waals surface area contributed by atoms with Crippen LogP contribution in [-0.4, -0.2) is 44.2 Å². The van der Waals surface area contributed by atoms with Crippen LogP contribution in [0.5, 0.6) is 0 Å². The first kappa shape index (κ1) is 14.9. The molecular formula is C15H18N8. The second-order valence-corrected chi connectivity index (χ2v) is 5.31. The Morgan fingerprint density at radius 3 is 2.61 bits per heavy atom. The van der Waals surface area contributed by atoms with E-state index in [1.54, 1.807) is 18.6 Å². The lowest BCUT2D eigenvalue weighted by molar-refractivity contribution is 0.968. The molecule has 3 heterocycles. The number of rotatable bonds is 5. The Bertz CT molecular complexity index is 778. The molecule has 8 heteroatoms. The number of nitrogens with one attached hydrogen (secondary N) is 2. The van der Waals surface area contributed by atoms with Crippen LogP contribution >= 0.6 is 0 Å². The number of aromatic amines is 1. The van der Waals surface area contributed by atoms with E-state index in [9.17, 15) is 0 Å². The zero-order chi connectivity index (χ0) is 16.2. The summed E-state index contributed by atoms with van der Waals surface area (Å²) < 4.78 is 0. The third-order valence-corrected chi connectivity index (χ3v) is 3.18. The Morgan fingerprint density at radius 1 is 1.17 bits per heavy atom. The summed E-state index contributed by atoms with van der Waals surface area (Å²) in [5.41, 5.74) is 1.89. The van der Waals surface area contributed by atoms with Gasteiger partial charge in [-0.2, -0.15) is 5.10 Å². The highest BCUT2D eigenvalue weighted by Crippen LogP contribution is 2.17. The first-order valence-electron chi connectivity index (χ1n) is 7.19. The first-order valence-corrected chi connectivity index (χ1v) is 7.19. The highest BCUT2D eigenvalue weighted by Gasteiger charge is 2.05. The van der Waals surface area contributed by atoms with Gasteiger partial charge in [0.25, 0.3) is 0 Å². The fourth-order valence-electron chi connectivity index (χ4n) is 2.00. The summed E-state index contributed by atoms with van der Waals surface area (Å²) in [5.74, 6) is 2.88. The van der Waals surface area contributed by atoms with Gasteiger partial charge in [-0.3, -0.25) is 5.10 Å². The van der Waals surface area contributed by atoms with Crippen LogP contribution in [0.2, 0.25) is 0 Å². The SMILES string of the molecule is Cc1nc(-c2ccnc(NCc3cnc(N(C)C)nc3)c2)n[nH]1. The van der Waals surface area contributed by atoms with Crippen molar-refractivity contribution in [3.8, 4) is 11.4 Å². The van der Waals surface area contributed by atoms with Crippen molar-refractivity contribution >= 4 is 11.8 Å². The van der Waals surface area contributed by atoms with E-state index < -0.39 is 0 Å². The van der Waals surface area contributed by atoms with Crippen LogP contribution in [0.4, 0.5) is 11.8 Å². The minimum Gasteiger partial charge on any atom is -0.366 e. The highest BCUT2D eigenvalue weighted by molar-refractivity contribution is 5.59. The third kappa shape index (κ3) is 3.60. The van der Waals surface area contributed by atoms with E-state index in [1.165, 1.54) is 0 Å². The zero-order valence-corrected chi connectivity index (χ0v) is 13.3.